The van der Waals surface area contributed by atoms with Gasteiger partial charge in [0.1, 0.15) is 6.04 Å². The Labute approximate surface area is 76.0 Å². The second-order valence-corrected chi connectivity index (χ2v) is 3.21. The fourth-order valence-corrected chi connectivity index (χ4v) is 1.29. The van der Waals surface area contributed by atoms with E-state index in [9.17, 15) is 0 Å². The molecular weight excluding hydrogens is 172 g/mol. The highest BCUT2D eigenvalue weighted by molar-refractivity contribution is 6.30. The predicted octanol–water partition coefficient (Wildman–Crippen LogP) is 2.05. The number of benzene rings is 1. The Hall–Kier alpha value is -1.20. The SMILES string of the molecule is N#CC1CN1c1ccc(Cl)cc1. The molecule has 1 heterocycles. The molecule has 1 aromatic carbocycles. The number of nitriles is 1. The number of nitrogens with zero attached hydrogens (tertiary/aromatic N) is 2. The Bertz CT molecular complexity index is 325. The van der Waals surface area contributed by atoms with Gasteiger partial charge in [0.15, 0.2) is 0 Å². The molecule has 0 N–H and O–H groups in total. The number of hydrogen-bond donors (Lipinski definition) is 0. The molecule has 1 atom stereocenters. The summed E-state index contributed by atoms with van der Waals surface area (Å²) in [4.78, 5) is 2.02. The van der Waals surface area contributed by atoms with E-state index >= 15 is 0 Å². The second-order valence-electron chi connectivity index (χ2n) is 2.77. The minimum absolute atomic E-state index is 0.0752. The Morgan fingerprint density at radius 3 is 2.58 bits per heavy atom. The summed E-state index contributed by atoms with van der Waals surface area (Å²) in [5, 5.41) is 9.31. The van der Waals surface area contributed by atoms with Gasteiger partial charge in [0.25, 0.3) is 0 Å². The Morgan fingerprint density at radius 2 is 2.08 bits per heavy atom. The van der Waals surface area contributed by atoms with E-state index in [0.717, 1.165) is 17.3 Å². The minimum Gasteiger partial charge on any atom is -0.351 e. The van der Waals surface area contributed by atoms with Crippen LogP contribution in [0.2, 0.25) is 5.02 Å². The van der Waals surface area contributed by atoms with Crippen molar-refractivity contribution in [3.05, 3.63) is 29.3 Å². The van der Waals surface area contributed by atoms with Gasteiger partial charge in [-0.15, -0.1) is 0 Å². The largest absolute Gasteiger partial charge is 0.351 e. The van der Waals surface area contributed by atoms with Crippen LogP contribution in [0.1, 0.15) is 0 Å². The van der Waals surface area contributed by atoms with Crippen molar-refractivity contribution in [1.82, 2.24) is 0 Å². The molecular formula is C9H7ClN2. The van der Waals surface area contributed by atoms with E-state index in [4.69, 9.17) is 16.9 Å². The van der Waals surface area contributed by atoms with E-state index in [-0.39, 0.29) is 6.04 Å². The highest BCUT2D eigenvalue weighted by atomic mass is 35.5. The molecule has 1 aliphatic rings. The predicted molar refractivity (Wildman–Crippen MR) is 48.2 cm³/mol. The van der Waals surface area contributed by atoms with Crippen LogP contribution in [-0.2, 0) is 0 Å². The lowest BCUT2D eigenvalue weighted by Crippen LogP contribution is -1.95. The smallest absolute Gasteiger partial charge is 0.134 e. The first kappa shape index (κ1) is 7.45. The number of hydrogen-bond acceptors (Lipinski definition) is 2. The van der Waals surface area contributed by atoms with Crippen molar-refractivity contribution >= 4 is 17.3 Å². The van der Waals surface area contributed by atoms with Crippen LogP contribution in [0.4, 0.5) is 5.69 Å². The third kappa shape index (κ3) is 1.24. The molecule has 0 spiro atoms. The highest BCUT2D eigenvalue weighted by Crippen LogP contribution is 2.27. The first-order valence-electron chi connectivity index (χ1n) is 3.73. The highest BCUT2D eigenvalue weighted by Gasteiger charge is 2.33. The summed E-state index contributed by atoms with van der Waals surface area (Å²) in [5.74, 6) is 0. The number of rotatable bonds is 1. The summed E-state index contributed by atoms with van der Waals surface area (Å²) in [5.41, 5.74) is 1.07. The van der Waals surface area contributed by atoms with Gasteiger partial charge in [0, 0.05) is 10.7 Å². The van der Waals surface area contributed by atoms with Crippen LogP contribution in [0, 0.1) is 11.3 Å². The summed E-state index contributed by atoms with van der Waals surface area (Å²) in [6, 6.07) is 9.80. The maximum Gasteiger partial charge on any atom is 0.134 e. The topological polar surface area (TPSA) is 26.8 Å². The van der Waals surface area contributed by atoms with Crippen LogP contribution in [0.15, 0.2) is 24.3 Å². The molecule has 2 rings (SSSR count). The first-order chi connectivity index (χ1) is 5.81. The molecule has 0 aromatic heterocycles. The normalized spacial score (nSPS) is 20.3. The van der Waals surface area contributed by atoms with Gasteiger partial charge in [-0.25, -0.2) is 0 Å². The average Bonchev–Trinajstić information content (AvgIpc) is 2.85. The van der Waals surface area contributed by atoms with Crippen LogP contribution in [0.25, 0.3) is 0 Å². The van der Waals surface area contributed by atoms with Gasteiger partial charge in [-0.1, -0.05) is 11.6 Å². The summed E-state index contributed by atoms with van der Waals surface area (Å²) in [6.45, 7) is 0.845. The van der Waals surface area contributed by atoms with Crippen LogP contribution >= 0.6 is 11.6 Å². The van der Waals surface area contributed by atoms with Crippen molar-refractivity contribution < 1.29 is 0 Å². The molecule has 12 heavy (non-hydrogen) atoms. The fraction of sp³-hybridized carbons (Fsp3) is 0.222. The van der Waals surface area contributed by atoms with Gasteiger partial charge in [-0.2, -0.15) is 5.26 Å². The van der Waals surface area contributed by atoms with Crippen LogP contribution in [-0.4, -0.2) is 12.6 Å². The van der Waals surface area contributed by atoms with E-state index in [2.05, 4.69) is 6.07 Å². The lowest BCUT2D eigenvalue weighted by molar-refractivity contribution is 1.26. The molecule has 60 valence electrons. The molecule has 1 aromatic rings. The summed E-state index contributed by atoms with van der Waals surface area (Å²) < 4.78 is 0. The van der Waals surface area contributed by atoms with Gasteiger partial charge in [0.05, 0.1) is 12.6 Å². The zero-order chi connectivity index (χ0) is 8.55. The van der Waals surface area contributed by atoms with Gasteiger partial charge >= 0.3 is 0 Å². The summed E-state index contributed by atoms with van der Waals surface area (Å²) >= 11 is 5.72. The second kappa shape index (κ2) is 2.69. The van der Waals surface area contributed by atoms with Gasteiger partial charge < -0.3 is 4.90 Å². The zero-order valence-electron chi connectivity index (χ0n) is 6.37. The fourth-order valence-electron chi connectivity index (χ4n) is 1.17. The van der Waals surface area contributed by atoms with E-state index in [1.807, 2.05) is 29.2 Å². The maximum atomic E-state index is 8.57. The van der Waals surface area contributed by atoms with Crippen molar-refractivity contribution in [2.24, 2.45) is 0 Å². The van der Waals surface area contributed by atoms with Crippen molar-refractivity contribution in [2.75, 3.05) is 11.4 Å². The first-order valence-corrected chi connectivity index (χ1v) is 4.11. The molecule has 0 aliphatic carbocycles. The average molecular weight is 179 g/mol. The molecule has 1 saturated heterocycles. The van der Waals surface area contributed by atoms with Crippen molar-refractivity contribution in [3.8, 4) is 6.07 Å². The van der Waals surface area contributed by atoms with Crippen molar-refractivity contribution in [3.63, 3.8) is 0 Å². The van der Waals surface area contributed by atoms with E-state index in [0.29, 0.717) is 0 Å². The van der Waals surface area contributed by atoms with Crippen LogP contribution < -0.4 is 4.90 Å². The van der Waals surface area contributed by atoms with Gasteiger partial charge in [-0.3, -0.25) is 0 Å². The van der Waals surface area contributed by atoms with Crippen molar-refractivity contribution in [2.45, 2.75) is 6.04 Å². The van der Waals surface area contributed by atoms with E-state index in [1.165, 1.54) is 0 Å². The lowest BCUT2D eigenvalue weighted by Gasteiger charge is -2.01. The Balaban J connectivity index is 2.17. The minimum atomic E-state index is 0.0752. The molecule has 1 aliphatic heterocycles. The quantitative estimate of drug-likeness (QED) is 0.616. The standard InChI is InChI=1S/C9H7ClN2/c10-7-1-3-8(4-2-7)12-6-9(12)5-11/h1-4,9H,6H2. The summed E-state index contributed by atoms with van der Waals surface area (Å²) in [7, 11) is 0. The van der Waals surface area contributed by atoms with Crippen LogP contribution in [0.5, 0.6) is 0 Å². The van der Waals surface area contributed by atoms with E-state index in [1.54, 1.807) is 0 Å². The third-order valence-corrected chi connectivity index (χ3v) is 2.17. The molecule has 0 amide bonds. The van der Waals surface area contributed by atoms with E-state index < -0.39 is 0 Å². The Kier molecular flexibility index (Phi) is 1.67. The molecule has 1 unspecified atom stereocenters. The monoisotopic (exact) mass is 178 g/mol. The molecule has 2 nitrogen and oxygen atoms in total. The Morgan fingerprint density at radius 1 is 1.42 bits per heavy atom. The van der Waals surface area contributed by atoms with Crippen LogP contribution in [0.3, 0.4) is 0 Å². The number of halogens is 1. The molecule has 0 bridgehead atoms. The van der Waals surface area contributed by atoms with Gasteiger partial charge in [0.2, 0.25) is 0 Å². The third-order valence-electron chi connectivity index (χ3n) is 1.92. The molecule has 3 heteroatoms. The molecule has 0 radical (unpaired) electrons. The summed E-state index contributed by atoms with van der Waals surface area (Å²) in [6.07, 6.45) is 0. The molecule has 0 saturated carbocycles. The number of anilines is 1. The van der Waals surface area contributed by atoms with Gasteiger partial charge in [-0.05, 0) is 24.3 Å². The molecule has 1 fully saturated rings. The maximum absolute atomic E-state index is 8.57. The lowest BCUT2D eigenvalue weighted by atomic mass is 10.3. The zero-order valence-corrected chi connectivity index (χ0v) is 7.12. The van der Waals surface area contributed by atoms with Crippen molar-refractivity contribution in [1.29, 1.82) is 5.26 Å².